The standard InChI is InChI=1S/C44H48N2O5/c47-42(26-30-9-7-8-10-30)46-29-37-27-39(51-38-22-19-35(20-23-38)33-13-5-2-6-14-33)24-21-36(37)28-41(46)43(48)45-40(44(49)50)25-31-15-17-34(18-16-31)32-11-3-1-4-12-32/h1,3-4,11-12,15-24,27,30,33,40-41H,2,5-10,13-14,25-26,28-29H2,(H,45,48)(H,49,50)/t40-,41-/m0/s1. The molecular weight excluding hydrogens is 636 g/mol. The Morgan fingerprint density at radius 3 is 2.12 bits per heavy atom. The summed E-state index contributed by atoms with van der Waals surface area (Å²) in [6.45, 7) is 0.273. The normalized spacial score (nSPS) is 18.5. The van der Waals surface area contributed by atoms with Gasteiger partial charge in [-0.15, -0.1) is 0 Å². The molecule has 0 radical (unpaired) electrons. The van der Waals surface area contributed by atoms with Gasteiger partial charge in [-0.05, 0) is 95.2 Å². The van der Waals surface area contributed by atoms with Crippen molar-refractivity contribution in [2.45, 2.75) is 102 Å². The second-order valence-electron chi connectivity index (χ2n) is 14.7. The largest absolute Gasteiger partial charge is 0.480 e. The number of nitrogens with one attached hydrogen (secondary N) is 1. The average Bonchev–Trinajstić information content (AvgIpc) is 3.68. The second-order valence-corrected chi connectivity index (χ2v) is 14.7. The van der Waals surface area contributed by atoms with Crippen LogP contribution in [0.5, 0.6) is 11.5 Å². The maximum absolute atomic E-state index is 14.0. The van der Waals surface area contributed by atoms with Gasteiger partial charge in [0.05, 0.1) is 0 Å². The molecule has 264 valence electrons. The molecule has 0 bridgehead atoms. The molecule has 1 aliphatic heterocycles. The van der Waals surface area contributed by atoms with Crippen molar-refractivity contribution in [3.8, 4) is 22.6 Å². The number of carbonyl (C=O) groups excluding carboxylic acids is 2. The van der Waals surface area contributed by atoms with Crippen LogP contribution in [0.3, 0.4) is 0 Å². The molecule has 2 fully saturated rings. The maximum atomic E-state index is 14.0. The van der Waals surface area contributed by atoms with Crippen LogP contribution in [0.2, 0.25) is 0 Å². The summed E-state index contributed by atoms with van der Waals surface area (Å²) in [5.74, 6) is 0.809. The summed E-state index contributed by atoms with van der Waals surface area (Å²) in [7, 11) is 0. The molecule has 51 heavy (non-hydrogen) atoms. The van der Waals surface area contributed by atoms with Gasteiger partial charge < -0.3 is 20.1 Å². The Morgan fingerprint density at radius 1 is 0.745 bits per heavy atom. The third-order valence-corrected chi connectivity index (χ3v) is 11.2. The molecule has 1 heterocycles. The van der Waals surface area contributed by atoms with Gasteiger partial charge in [-0.1, -0.05) is 105 Å². The van der Waals surface area contributed by atoms with Crippen molar-refractivity contribution in [2.75, 3.05) is 0 Å². The third kappa shape index (κ3) is 8.53. The summed E-state index contributed by atoms with van der Waals surface area (Å²) < 4.78 is 6.28. The summed E-state index contributed by atoms with van der Waals surface area (Å²) >= 11 is 0. The molecule has 4 aromatic rings. The number of hydrogen-bond acceptors (Lipinski definition) is 4. The fourth-order valence-corrected chi connectivity index (χ4v) is 8.25. The highest BCUT2D eigenvalue weighted by molar-refractivity contribution is 5.91. The molecule has 2 N–H and O–H groups in total. The van der Waals surface area contributed by atoms with Crippen LogP contribution < -0.4 is 10.1 Å². The van der Waals surface area contributed by atoms with Gasteiger partial charge in [0.2, 0.25) is 11.8 Å². The van der Waals surface area contributed by atoms with Gasteiger partial charge in [-0.3, -0.25) is 9.59 Å². The topological polar surface area (TPSA) is 95.9 Å². The van der Waals surface area contributed by atoms with Gasteiger partial charge in [0.25, 0.3) is 0 Å². The van der Waals surface area contributed by atoms with Crippen LogP contribution >= 0.6 is 0 Å². The summed E-state index contributed by atoms with van der Waals surface area (Å²) in [6.07, 6.45) is 11.6. The lowest BCUT2D eigenvalue weighted by Gasteiger charge is -2.37. The second kappa shape index (κ2) is 16.0. The number of carboxylic acid groups (broad SMARTS) is 1. The van der Waals surface area contributed by atoms with E-state index in [0.29, 0.717) is 30.4 Å². The number of carboxylic acids is 1. The molecule has 7 nitrogen and oxygen atoms in total. The Labute approximate surface area is 301 Å². The molecule has 7 rings (SSSR count). The number of carbonyl (C=O) groups is 3. The zero-order valence-electron chi connectivity index (χ0n) is 29.3. The quantitative estimate of drug-likeness (QED) is 0.165. The summed E-state index contributed by atoms with van der Waals surface area (Å²) in [5.41, 5.74) is 6.20. The van der Waals surface area contributed by atoms with E-state index in [1.54, 1.807) is 4.90 Å². The van der Waals surface area contributed by atoms with Gasteiger partial charge in [0, 0.05) is 25.8 Å². The first-order valence-corrected chi connectivity index (χ1v) is 18.8. The van der Waals surface area contributed by atoms with Crippen molar-refractivity contribution in [3.63, 3.8) is 0 Å². The highest BCUT2D eigenvalue weighted by Crippen LogP contribution is 2.35. The fourth-order valence-electron chi connectivity index (χ4n) is 8.25. The molecule has 7 heteroatoms. The summed E-state index contributed by atoms with van der Waals surface area (Å²) in [4.78, 5) is 41.9. The number of aliphatic carboxylic acids is 1. The first-order valence-electron chi connectivity index (χ1n) is 18.8. The molecule has 4 aromatic carbocycles. The lowest BCUT2D eigenvalue weighted by molar-refractivity contribution is -0.145. The maximum Gasteiger partial charge on any atom is 0.326 e. The molecule has 0 unspecified atom stereocenters. The summed E-state index contributed by atoms with van der Waals surface area (Å²) in [6, 6.07) is 30.1. The van der Waals surface area contributed by atoms with E-state index < -0.39 is 24.0 Å². The van der Waals surface area contributed by atoms with E-state index in [-0.39, 0.29) is 18.9 Å². The van der Waals surface area contributed by atoms with Crippen molar-refractivity contribution in [1.82, 2.24) is 10.2 Å². The van der Waals surface area contributed by atoms with Gasteiger partial charge in [-0.2, -0.15) is 0 Å². The molecule has 3 aliphatic rings. The van der Waals surface area contributed by atoms with E-state index in [1.165, 1.54) is 37.7 Å². The first kappa shape index (κ1) is 34.5. The zero-order chi connectivity index (χ0) is 35.2. The van der Waals surface area contributed by atoms with Gasteiger partial charge in [0.1, 0.15) is 23.6 Å². The first-order chi connectivity index (χ1) is 24.9. The van der Waals surface area contributed by atoms with Gasteiger partial charge in [0.15, 0.2) is 0 Å². The van der Waals surface area contributed by atoms with Crippen LogP contribution in [0.4, 0.5) is 0 Å². The van der Waals surface area contributed by atoms with E-state index in [1.807, 2.05) is 84.9 Å². The number of hydrogen-bond donors (Lipinski definition) is 2. The number of amides is 2. The van der Waals surface area contributed by atoms with E-state index in [9.17, 15) is 19.5 Å². The van der Waals surface area contributed by atoms with Crippen LogP contribution in [0.25, 0.3) is 11.1 Å². The number of nitrogens with zero attached hydrogens (tertiary/aromatic N) is 1. The van der Waals surface area contributed by atoms with Crippen LogP contribution in [0, 0.1) is 5.92 Å². The number of benzene rings is 4. The van der Waals surface area contributed by atoms with Crippen molar-refractivity contribution in [1.29, 1.82) is 0 Å². The number of rotatable bonds is 11. The Morgan fingerprint density at radius 2 is 1.41 bits per heavy atom. The SMILES string of the molecule is O=C(O)[C@H](Cc1ccc(-c2ccccc2)cc1)NC(=O)[C@@H]1Cc2ccc(Oc3ccc(C4CCCCC4)cc3)cc2CN1C(=O)CC1CCCC1. The molecule has 2 atom stereocenters. The predicted molar refractivity (Wildman–Crippen MR) is 199 cm³/mol. The van der Waals surface area contributed by atoms with Gasteiger partial charge in [-0.25, -0.2) is 4.79 Å². The predicted octanol–water partition coefficient (Wildman–Crippen LogP) is 8.84. The number of ether oxygens (including phenoxy) is 1. The fraction of sp³-hybridized carbons (Fsp3) is 0.386. The highest BCUT2D eigenvalue weighted by Gasteiger charge is 2.37. The minimum Gasteiger partial charge on any atom is -0.480 e. The smallest absolute Gasteiger partial charge is 0.326 e. The molecule has 0 spiro atoms. The Bertz CT molecular complexity index is 1810. The highest BCUT2D eigenvalue weighted by atomic mass is 16.5. The molecular formula is C44H48N2O5. The average molecular weight is 685 g/mol. The van der Waals surface area contributed by atoms with Crippen LogP contribution in [-0.2, 0) is 33.8 Å². The lowest BCUT2D eigenvalue weighted by Crippen LogP contribution is -2.56. The Hall–Kier alpha value is -4.91. The third-order valence-electron chi connectivity index (χ3n) is 11.2. The van der Waals surface area contributed by atoms with E-state index in [4.69, 9.17) is 4.74 Å². The monoisotopic (exact) mass is 684 g/mol. The van der Waals surface area contributed by atoms with Gasteiger partial charge >= 0.3 is 5.97 Å². The van der Waals surface area contributed by atoms with E-state index in [0.717, 1.165) is 59.3 Å². The molecule has 2 aliphatic carbocycles. The lowest BCUT2D eigenvalue weighted by atomic mass is 9.84. The Kier molecular flexibility index (Phi) is 10.8. The minimum absolute atomic E-state index is 0.0549. The van der Waals surface area contributed by atoms with Crippen LogP contribution in [-0.4, -0.2) is 39.9 Å². The van der Waals surface area contributed by atoms with Crippen LogP contribution in [0.15, 0.2) is 97.1 Å². The summed E-state index contributed by atoms with van der Waals surface area (Å²) in [5, 5.41) is 13.0. The van der Waals surface area contributed by atoms with Crippen molar-refractivity contribution >= 4 is 17.8 Å². The van der Waals surface area contributed by atoms with Crippen molar-refractivity contribution in [2.24, 2.45) is 5.92 Å². The molecule has 0 saturated heterocycles. The van der Waals surface area contributed by atoms with Crippen molar-refractivity contribution in [3.05, 3.63) is 119 Å². The zero-order valence-corrected chi connectivity index (χ0v) is 29.3. The molecule has 2 saturated carbocycles. The van der Waals surface area contributed by atoms with Crippen molar-refractivity contribution < 1.29 is 24.2 Å². The Balaban J connectivity index is 1.06. The number of fused-ring (bicyclic) bond motifs is 1. The van der Waals surface area contributed by atoms with Crippen LogP contribution in [0.1, 0.15) is 92.4 Å². The van der Waals surface area contributed by atoms with E-state index in [2.05, 4.69) is 17.4 Å². The minimum atomic E-state index is -1.13. The van der Waals surface area contributed by atoms with E-state index >= 15 is 0 Å². The molecule has 2 amide bonds. The molecule has 0 aromatic heterocycles.